The number of nitrogens with one attached hydrogen (secondary N) is 1. The lowest BCUT2D eigenvalue weighted by Crippen LogP contribution is -2.50. The highest BCUT2D eigenvalue weighted by atomic mass is 32.2. The van der Waals surface area contributed by atoms with Crippen molar-refractivity contribution in [1.82, 2.24) is 9.03 Å². The molecule has 1 saturated heterocycles. The highest BCUT2D eigenvalue weighted by Gasteiger charge is 2.28. The van der Waals surface area contributed by atoms with Crippen molar-refractivity contribution in [3.63, 3.8) is 0 Å². The van der Waals surface area contributed by atoms with Crippen molar-refractivity contribution in [2.24, 2.45) is 0 Å². The molecular weight excluding hydrogens is 413 g/mol. The summed E-state index contributed by atoms with van der Waals surface area (Å²) < 4.78 is 66.7. The number of anilines is 1. The van der Waals surface area contributed by atoms with Crippen LogP contribution in [0, 0.1) is 5.82 Å². The number of sulfonamides is 2. The van der Waals surface area contributed by atoms with E-state index in [9.17, 15) is 21.2 Å². The molecule has 11 heteroatoms. The van der Waals surface area contributed by atoms with Gasteiger partial charge in [-0.15, -0.1) is 11.3 Å². The Labute approximate surface area is 162 Å². The van der Waals surface area contributed by atoms with Crippen molar-refractivity contribution in [2.45, 2.75) is 4.21 Å². The maximum atomic E-state index is 13.9. The molecule has 1 aliphatic rings. The number of halogens is 1. The number of nitrogens with zero attached hydrogens (tertiary/aromatic N) is 2. The fourth-order valence-electron chi connectivity index (χ4n) is 2.84. The summed E-state index contributed by atoms with van der Waals surface area (Å²) in [4.78, 5) is 1.81. The summed E-state index contributed by atoms with van der Waals surface area (Å²) in [5.74, 6) is -0.658. The third kappa shape index (κ3) is 4.85. The number of hydrogen-bond acceptors (Lipinski definition) is 6. The van der Waals surface area contributed by atoms with Gasteiger partial charge in [0.15, 0.2) is 0 Å². The molecule has 3 rings (SSSR count). The van der Waals surface area contributed by atoms with E-state index in [1.54, 1.807) is 34.5 Å². The zero-order valence-electron chi connectivity index (χ0n) is 14.4. The van der Waals surface area contributed by atoms with E-state index in [0.717, 1.165) is 11.3 Å². The summed E-state index contributed by atoms with van der Waals surface area (Å²) in [5.41, 5.74) is 0.457. The first-order valence-electron chi connectivity index (χ1n) is 8.30. The largest absolute Gasteiger partial charge is 0.367 e. The molecule has 148 valence electrons. The number of hydrogen-bond donors (Lipinski definition) is 1. The van der Waals surface area contributed by atoms with E-state index >= 15 is 0 Å². The fourth-order valence-corrected chi connectivity index (χ4v) is 6.37. The maximum absolute atomic E-state index is 13.9. The van der Waals surface area contributed by atoms with Crippen molar-refractivity contribution < 1.29 is 21.2 Å². The monoisotopic (exact) mass is 433 g/mol. The topological polar surface area (TPSA) is 86.8 Å². The summed E-state index contributed by atoms with van der Waals surface area (Å²) in [6.07, 6.45) is 0. The van der Waals surface area contributed by atoms with Gasteiger partial charge >= 0.3 is 0 Å². The summed E-state index contributed by atoms with van der Waals surface area (Å²) in [6, 6.07) is 9.46. The van der Waals surface area contributed by atoms with Crippen LogP contribution in [0.25, 0.3) is 0 Å². The third-order valence-corrected chi connectivity index (χ3v) is 8.97. The number of rotatable bonds is 7. The number of piperazine rings is 1. The van der Waals surface area contributed by atoms with Crippen LogP contribution >= 0.6 is 11.3 Å². The van der Waals surface area contributed by atoms with Gasteiger partial charge in [-0.1, -0.05) is 18.2 Å². The van der Waals surface area contributed by atoms with Crippen LogP contribution in [0.3, 0.4) is 0 Å². The highest BCUT2D eigenvalue weighted by molar-refractivity contribution is 7.91. The lowest BCUT2D eigenvalue weighted by atomic mass is 10.2. The number of benzene rings is 1. The minimum Gasteiger partial charge on any atom is -0.367 e. The second-order valence-electron chi connectivity index (χ2n) is 5.98. The molecule has 2 heterocycles. The molecule has 0 saturated carbocycles. The minimum atomic E-state index is -3.68. The van der Waals surface area contributed by atoms with Crippen molar-refractivity contribution >= 4 is 37.1 Å². The van der Waals surface area contributed by atoms with Gasteiger partial charge in [-0.2, -0.15) is 4.31 Å². The van der Waals surface area contributed by atoms with Crippen molar-refractivity contribution in [1.29, 1.82) is 0 Å². The Kier molecular flexibility index (Phi) is 6.16. The van der Waals surface area contributed by atoms with E-state index < -0.39 is 20.0 Å². The van der Waals surface area contributed by atoms with E-state index in [0.29, 0.717) is 18.8 Å². The van der Waals surface area contributed by atoms with Gasteiger partial charge in [0.25, 0.3) is 0 Å². The van der Waals surface area contributed by atoms with Crippen molar-refractivity contribution in [3.05, 3.63) is 47.6 Å². The highest BCUT2D eigenvalue weighted by Crippen LogP contribution is 2.21. The molecule has 1 fully saturated rings. The van der Waals surface area contributed by atoms with Crippen LogP contribution in [0.1, 0.15) is 0 Å². The van der Waals surface area contributed by atoms with Crippen LogP contribution in [-0.2, 0) is 20.0 Å². The van der Waals surface area contributed by atoms with Crippen LogP contribution in [-0.4, -0.2) is 59.6 Å². The zero-order chi connectivity index (χ0) is 19.5. The minimum absolute atomic E-state index is 0.151. The Morgan fingerprint density at radius 1 is 1.00 bits per heavy atom. The van der Waals surface area contributed by atoms with E-state index in [2.05, 4.69) is 4.72 Å². The van der Waals surface area contributed by atoms with E-state index in [1.807, 2.05) is 0 Å². The molecule has 0 bridgehead atoms. The summed E-state index contributed by atoms with van der Waals surface area (Å²) in [6.45, 7) is 1.01. The average molecular weight is 434 g/mol. The van der Waals surface area contributed by atoms with Gasteiger partial charge in [0, 0.05) is 32.7 Å². The van der Waals surface area contributed by atoms with Crippen molar-refractivity contribution in [2.75, 3.05) is 43.4 Å². The van der Waals surface area contributed by atoms with E-state index in [4.69, 9.17) is 0 Å². The van der Waals surface area contributed by atoms with Crippen LogP contribution in [0.4, 0.5) is 10.1 Å². The molecule has 1 aliphatic heterocycles. The maximum Gasteiger partial charge on any atom is 0.250 e. The SMILES string of the molecule is O=S(=O)(NCCS(=O)(=O)N1CCN(c2ccccc2F)CC1)c1cccs1. The first kappa shape index (κ1) is 20.2. The molecule has 1 N–H and O–H groups in total. The molecule has 0 radical (unpaired) electrons. The standard InChI is InChI=1S/C16H20FN3O4S3/c17-14-4-1-2-5-15(14)19-8-10-20(11-9-19)26(21,22)13-7-18-27(23,24)16-6-3-12-25-16/h1-6,12,18H,7-11,13H2. The zero-order valence-corrected chi connectivity index (χ0v) is 16.9. The Balaban J connectivity index is 1.53. The smallest absolute Gasteiger partial charge is 0.250 e. The Bertz CT molecular complexity index is 970. The Morgan fingerprint density at radius 2 is 1.70 bits per heavy atom. The van der Waals surface area contributed by atoms with Crippen LogP contribution < -0.4 is 9.62 Å². The first-order valence-corrected chi connectivity index (χ1v) is 12.3. The molecule has 0 amide bonds. The molecule has 2 aromatic rings. The normalized spacial score (nSPS) is 16.6. The molecule has 7 nitrogen and oxygen atoms in total. The van der Waals surface area contributed by atoms with E-state index in [1.165, 1.54) is 16.4 Å². The van der Waals surface area contributed by atoms with Gasteiger partial charge in [0.1, 0.15) is 10.0 Å². The predicted octanol–water partition coefficient (Wildman–Crippen LogP) is 1.32. The molecule has 1 aromatic heterocycles. The van der Waals surface area contributed by atoms with Crippen molar-refractivity contribution in [3.8, 4) is 0 Å². The molecule has 0 aliphatic carbocycles. The van der Waals surface area contributed by atoms with Crippen LogP contribution in [0.15, 0.2) is 46.0 Å². The lowest BCUT2D eigenvalue weighted by molar-refractivity contribution is 0.383. The number of thiophene rings is 1. The quantitative estimate of drug-likeness (QED) is 0.712. The number of para-hydroxylation sites is 1. The summed E-state index contributed by atoms with van der Waals surface area (Å²) in [5, 5.41) is 1.64. The van der Waals surface area contributed by atoms with Gasteiger partial charge in [0.2, 0.25) is 20.0 Å². The Morgan fingerprint density at radius 3 is 2.33 bits per heavy atom. The van der Waals surface area contributed by atoms with Gasteiger partial charge in [-0.25, -0.2) is 25.9 Å². The fraction of sp³-hybridized carbons (Fsp3) is 0.375. The molecule has 27 heavy (non-hydrogen) atoms. The summed E-state index contributed by atoms with van der Waals surface area (Å²) >= 11 is 1.07. The third-order valence-electron chi connectivity index (χ3n) is 4.24. The van der Waals surface area contributed by atoms with Crippen LogP contribution in [0.2, 0.25) is 0 Å². The second-order valence-corrected chi connectivity index (χ2v) is 11.0. The molecule has 1 aromatic carbocycles. The lowest BCUT2D eigenvalue weighted by Gasteiger charge is -2.35. The average Bonchev–Trinajstić information content (AvgIpc) is 3.18. The first-order chi connectivity index (χ1) is 12.8. The van der Waals surface area contributed by atoms with Gasteiger partial charge in [-0.3, -0.25) is 0 Å². The van der Waals surface area contributed by atoms with Crippen LogP contribution in [0.5, 0.6) is 0 Å². The summed E-state index contributed by atoms with van der Waals surface area (Å²) in [7, 11) is -7.28. The molecule has 0 unspecified atom stereocenters. The second kappa shape index (κ2) is 8.23. The molecule has 0 atom stereocenters. The molecule has 0 spiro atoms. The van der Waals surface area contributed by atoms with E-state index in [-0.39, 0.29) is 35.4 Å². The van der Waals surface area contributed by atoms with Gasteiger partial charge in [-0.05, 0) is 23.6 Å². The Hall–Kier alpha value is -1.53. The molecular formula is C16H20FN3O4S3. The predicted molar refractivity (Wildman–Crippen MR) is 103 cm³/mol. The van der Waals surface area contributed by atoms with Gasteiger partial charge < -0.3 is 4.90 Å². The van der Waals surface area contributed by atoms with Gasteiger partial charge in [0.05, 0.1) is 11.4 Å².